The molecule has 1 saturated heterocycles. The van der Waals surface area contributed by atoms with Crippen molar-refractivity contribution < 1.29 is 18.7 Å². The Bertz CT molecular complexity index is 481. The maximum Gasteiger partial charge on any atom is 0.260 e. The first kappa shape index (κ1) is 16.5. The zero-order valence-electron chi connectivity index (χ0n) is 12.7. The number of rotatable bonds is 7. The highest BCUT2D eigenvalue weighted by Crippen LogP contribution is 2.18. The van der Waals surface area contributed by atoms with E-state index in [1.54, 1.807) is 6.08 Å². The Morgan fingerprint density at radius 3 is 2.64 bits per heavy atom. The van der Waals surface area contributed by atoms with E-state index in [-0.39, 0.29) is 18.3 Å². The van der Waals surface area contributed by atoms with Gasteiger partial charge in [0.25, 0.3) is 5.91 Å². The first-order valence-corrected chi connectivity index (χ1v) is 7.54. The van der Waals surface area contributed by atoms with Crippen LogP contribution in [0.2, 0.25) is 0 Å². The summed E-state index contributed by atoms with van der Waals surface area (Å²) in [6.45, 7) is 6.36. The van der Waals surface area contributed by atoms with E-state index in [0.29, 0.717) is 18.3 Å². The smallest absolute Gasteiger partial charge is 0.260 e. The van der Waals surface area contributed by atoms with Gasteiger partial charge in [-0.3, -0.25) is 4.79 Å². The molecule has 0 spiro atoms. The highest BCUT2D eigenvalue weighted by atomic mass is 19.1. The average Bonchev–Trinajstić information content (AvgIpc) is 2.55. The largest absolute Gasteiger partial charge is 0.484 e. The maximum atomic E-state index is 12.8. The molecular weight excluding hydrogens is 285 g/mol. The number of carbonyl (C=O) groups is 1. The van der Waals surface area contributed by atoms with Gasteiger partial charge in [0.1, 0.15) is 11.6 Å². The molecule has 1 aromatic carbocycles. The molecule has 0 unspecified atom stereocenters. The van der Waals surface area contributed by atoms with E-state index in [0.717, 1.165) is 32.5 Å². The van der Waals surface area contributed by atoms with Crippen LogP contribution in [0, 0.1) is 11.7 Å². The van der Waals surface area contributed by atoms with Crippen molar-refractivity contribution in [3.63, 3.8) is 0 Å². The highest BCUT2D eigenvalue weighted by Gasteiger charge is 2.23. The second kappa shape index (κ2) is 8.54. The summed E-state index contributed by atoms with van der Waals surface area (Å²) in [5.74, 6) is 0.652. The van der Waals surface area contributed by atoms with Crippen LogP contribution in [0.3, 0.4) is 0 Å². The van der Waals surface area contributed by atoms with Crippen molar-refractivity contribution in [3.8, 4) is 5.75 Å². The fourth-order valence-corrected chi connectivity index (χ4v) is 2.43. The Kier molecular flexibility index (Phi) is 6.40. The summed E-state index contributed by atoms with van der Waals surface area (Å²) >= 11 is 0. The molecule has 1 aromatic rings. The van der Waals surface area contributed by atoms with Gasteiger partial charge in [0.05, 0.1) is 6.61 Å². The molecule has 5 heteroatoms. The maximum absolute atomic E-state index is 12.8. The zero-order valence-corrected chi connectivity index (χ0v) is 12.7. The van der Waals surface area contributed by atoms with Gasteiger partial charge in [-0.15, -0.1) is 6.58 Å². The molecule has 0 radical (unpaired) electrons. The number of amides is 1. The number of ether oxygens (including phenoxy) is 2. The second-order valence-electron chi connectivity index (χ2n) is 5.39. The van der Waals surface area contributed by atoms with Gasteiger partial charge in [0, 0.05) is 19.7 Å². The van der Waals surface area contributed by atoms with Crippen molar-refractivity contribution in [2.45, 2.75) is 12.8 Å². The van der Waals surface area contributed by atoms with Crippen LogP contribution >= 0.6 is 0 Å². The normalized spacial score (nSPS) is 15.6. The summed E-state index contributed by atoms with van der Waals surface area (Å²) in [6, 6.07) is 5.67. The minimum atomic E-state index is -0.320. The van der Waals surface area contributed by atoms with Crippen LogP contribution in [-0.4, -0.2) is 43.7 Å². The van der Waals surface area contributed by atoms with Crippen LogP contribution in [0.15, 0.2) is 36.9 Å². The van der Waals surface area contributed by atoms with Crippen LogP contribution in [0.4, 0.5) is 4.39 Å². The van der Waals surface area contributed by atoms with Crippen molar-refractivity contribution in [3.05, 3.63) is 42.7 Å². The Morgan fingerprint density at radius 2 is 2.00 bits per heavy atom. The lowest BCUT2D eigenvalue weighted by atomic mass is 9.98. The molecule has 0 aliphatic carbocycles. The summed E-state index contributed by atoms with van der Waals surface area (Å²) in [7, 11) is 0. The van der Waals surface area contributed by atoms with Gasteiger partial charge < -0.3 is 14.4 Å². The third kappa shape index (κ3) is 5.15. The van der Waals surface area contributed by atoms with Crippen LogP contribution in [0.25, 0.3) is 0 Å². The van der Waals surface area contributed by atoms with E-state index >= 15 is 0 Å². The summed E-state index contributed by atoms with van der Waals surface area (Å²) in [5.41, 5.74) is 0. The molecule has 0 saturated carbocycles. The minimum absolute atomic E-state index is 0.0107. The van der Waals surface area contributed by atoms with E-state index in [9.17, 15) is 9.18 Å². The lowest BCUT2D eigenvalue weighted by Crippen LogP contribution is -2.41. The summed E-state index contributed by atoms with van der Waals surface area (Å²) < 4.78 is 23.6. The van der Waals surface area contributed by atoms with Crippen LogP contribution in [0.5, 0.6) is 5.75 Å². The molecular formula is C17H22FNO3. The Hall–Kier alpha value is -1.88. The number of likely N-dealkylation sites (tertiary alicyclic amines) is 1. The molecule has 22 heavy (non-hydrogen) atoms. The number of benzene rings is 1. The number of carbonyl (C=O) groups excluding carboxylic acids is 1. The molecule has 120 valence electrons. The monoisotopic (exact) mass is 307 g/mol. The SMILES string of the molecule is C=CCOCC1CCN(C(=O)COc2ccc(F)cc2)CC1. The summed E-state index contributed by atoms with van der Waals surface area (Å²) in [4.78, 5) is 13.9. The molecule has 2 rings (SSSR count). The number of hydrogen-bond donors (Lipinski definition) is 0. The molecule has 1 aliphatic heterocycles. The van der Waals surface area contributed by atoms with Crippen molar-refractivity contribution in [1.29, 1.82) is 0 Å². The number of piperidine rings is 1. The van der Waals surface area contributed by atoms with Crippen molar-refractivity contribution >= 4 is 5.91 Å². The predicted octanol–water partition coefficient (Wildman–Crippen LogP) is 2.65. The number of nitrogens with zero attached hydrogens (tertiary/aromatic N) is 1. The Balaban J connectivity index is 1.68. The van der Waals surface area contributed by atoms with Crippen molar-refractivity contribution in [1.82, 2.24) is 4.90 Å². The third-order valence-electron chi connectivity index (χ3n) is 3.73. The van der Waals surface area contributed by atoms with E-state index in [1.165, 1.54) is 24.3 Å². The highest BCUT2D eigenvalue weighted by molar-refractivity contribution is 5.77. The first-order chi connectivity index (χ1) is 10.7. The van der Waals surface area contributed by atoms with Gasteiger partial charge >= 0.3 is 0 Å². The van der Waals surface area contributed by atoms with E-state index in [1.807, 2.05) is 4.90 Å². The summed E-state index contributed by atoms with van der Waals surface area (Å²) in [6.07, 6.45) is 3.63. The lowest BCUT2D eigenvalue weighted by Gasteiger charge is -2.31. The van der Waals surface area contributed by atoms with Crippen LogP contribution in [0.1, 0.15) is 12.8 Å². The topological polar surface area (TPSA) is 38.8 Å². The molecule has 0 aromatic heterocycles. The Morgan fingerprint density at radius 1 is 1.32 bits per heavy atom. The molecule has 1 fully saturated rings. The Labute approximate surface area is 130 Å². The van der Waals surface area contributed by atoms with E-state index in [4.69, 9.17) is 9.47 Å². The van der Waals surface area contributed by atoms with Gasteiger partial charge in [0.15, 0.2) is 6.61 Å². The van der Waals surface area contributed by atoms with Gasteiger partial charge in [-0.2, -0.15) is 0 Å². The van der Waals surface area contributed by atoms with Gasteiger partial charge in [-0.1, -0.05) is 6.08 Å². The molecule has 1 heterocycles. The standard InChI is InChI=1S/C17H22FNO3/c1-2-11-21-12-14-7-9-19(10-8-14)17(20)13-22-16-5-3-15(18)4-6-16/h2-6,14H,1,7-13H2. The quantitative estimate of drug-likeness (QED) is 0.574. The second-order valence-corrected chi connectivity index (χ2v) is 5.39. The molecule has 4 nitrogen and oxygen atoms in total. The molecule has 0 atom stereocenters. The van der Waals surface area contributed by atoms with Gasteiger partial charge in [-0.25, -0.2) is 4.39 Å². The number of halogens is 1. The van der Waals surface area contributed by atoms with Gasteiger partial charge in [0.2, 0.25) is 0 Å². The minimum Gasteiger partial charge on any atom is -0.484 e. The predicted molar refractivity (Wildman–Crippen MR) is 82.2 cm³/mol. The fraction of sp³-hybridized carbons (Fsp3) is 0.471. The van der Waals surface area contributed by atoms with Gasteiger partial charge in [-0.05, 0) is 43.0 Å². The van der Waals surface area contributed by atoms with Crippen LogP contribution < -0.4 is 4.74 Å². The molecule has 0 bridgehead atoms. The van der Waals surface area contributed by atoms with Crippen LogP contribution in [-0.2, 0) is 9.53 Å². The van der Waals surface area contributed by atoms with E-state index < -0.39 is 0 Å². The summed E-state index contributed by atoms with van der Waals surface area (Å²) in [5, 5.41) is 0. The molecule has 1 amide bonds. The fourth-order valence-electron chi connectivity index (χ4n) is 2.43. The zero-order chi connectivity index (χ0) is 15.8. The lowest BCUT2D eigenvalue weighted by molar-refractivity contribution is -0.135. The number of hydrogen-bond acceptors (Lipinski definition) is 3. The van der Waals surface area contributed by atoms with E-state index in [2.05, 4.69) is 6.58 Å². The average molecular weight is 307 g/mol. The molecule has 1 aliphatic rings. The van der Waals surface area contributed by atoms with Crippen molar-refractivity contribution in [2.24, 2.45) is 5.92 Å². The third-order valence-corrected chi connectivity index (χ3v) is 3.73. The molecule has 0 N–H and O–H groups in total. The first-order valence-electron chi connectivity index (χ1n) is 7.54. The van der Waals surface area contributed by atoms with Crippen molar-refractivity contribution in [2.75, 3.05) is 32.9 Å².